The zero-order valence-corrected chi connectivity index (χ0v) is 13.6. The van der Waals surface area contributed by atoms with Crippen LogP contribution in [0.5, 0.6) is 5.75 Å². The highest BCUT2D eigenvalue weighted by Gasteiger charge is 2.37. The van der Waals surface area contributed by atoms with E-state index in [1.54, 1.807) is 0 Å². The van der Waals surface area contributed by atoms with Crippen molar-refractivity contribution in [3.05, 3.63) is 28.8 Å². The topological polar surface area (TPSA) is 52.9 Å². The van der Waals surface area contributed by atoms with Gasteiger partial charge in [0.15, 0.2) is 0 Å². The molecule has 0 saturated carbocycles. The summed E-state index contributed by atoms with van der Waals surface area (Å²) in [4.78, 5) is 2.36. The van der Waals surface area contributed by atoms with Gasteiger partial charge in [-0.25, -0.2) is 0 Å². The van der Waals surface area contributed by atoms with E-state index in [2.05, 4.69) is 24.8 Å². The first-order valence-corrected chi connectivity index (χ1v) is 8.40. The van der Waals surface area contributed by atoms with Crippen molar-refractivity contribution in [3.63, 3.8) is 0 Å². The average Bonchev–Trinajstić information content (AvgIpc) is 2.51. The Morgan fingerprint density at radius 2 is 2.00 bits per heavy atom. The molecule has 1 aromatic rings. The van der Waals surface area contributed by atoms with Gasteiger partial charge in [0.1, 0.15) is 18.5 Å². The predicted molar refractivity (Wildman–Crippen MR) is 86.2 cm³/mol. The number of nitrogens with zero attached hydrogens (tertiary/aromatic N) is 1. The minimum Gasteiger partial charge on any atom is -0.491 e. The van der Waals surface area contributed by atoms with Crippen LogP contribution < -0.4 is 4.74 Å². The molecule has 0 radical (unpaired) electrons. The van der Waals surface area contributed by atoms with Crippen molar-refractivity contribution < 1.29 is 14.9 Å². The first-order valence-electron chi connectivity index (χ1n) is 8.40. The summed E-state index contributed by atoms with van der Waals surface area (Å²) in [6.45, 7) is 5.86. The van der Waals surface area contributed by atoms with Crippen LogP contribution in [-0.2, 0) is 0 Å². The molecule has 2 aliphatic heterocycles. The summed E-state index contributed by atoms with van der Waals surface area (Å²) < 4.78 is 5.96. The van der Waals surface area contributed by atoms with Crippen LogP contribution >= 0.6 is 0 Å². The van der Waals surface area contributed by atoms with E-state index < -0.39 is 6.10 Å². The Bertz CT molecular complexity index is 529. The maximum atomic E-state index is 10.9. The summed E-state index contributed by atoms with van der Waals surface area (Å²) in [7, 11) is 0. The number of rotatable bonds is 3. The van der Waals surface area contributed by atoms with E-state index >= 15 is 0 Å². The van der Waals surface area contributed by atoms with Gasteiger partial charge in [0, 0.05) is 18.2 Å². The lowest BCUT2D eigenvalue weighted by Crippen LogP contribution is -2.52. The summed E-state index contributed by atoms with van der Waals surface area (Å²) >= 11 is 0. The summed E-state index contributed by atoms with van der Waals surface area (Å²) in [5.41, 5.74) is 3.29. The summed E-state index contributed by atoms with van der Waals surface area (Å²) in [6.07, 6.45) is 3.74. The van der Waals surface area contributed by atoms with E-state index in [-0.39, 0.29) is 12.6 Å². The fourth-order valence-electron chi connectivity index (χ4n) is 3.84. The van der Waals surface area contributed by atoms with Crippen LogP contribution in [0.2, 0.25) is 0 Å². The number of fused-ring (bicyclic) bond motifs is 1. The van der Waals surface area contributed by atoms with Crippen LogP contribution in [0.4, 0.5) is 0 Å². The van der Waals surface area contributed by atoms with Gasteiger partial charge < -0.3 is 14.9 Å². The van der Waals surface area contributed by atoms with Crippen LogP contribution in [0.1, 0.15) is 48.5 Å². The highest BCUT2D eigenvalue weighted by atomic mass is 16.5. The second-order valence-corrected chi connectivity index (χ2v) is 6.70. The predicted octanol–water partition coefficient (Wildman–Crippen LogP) is 2.33. The molecule has 0 spiro atoms. The molecule has 0 amide bonds. The van der Waals surface area contributed by atoms with E-state index in [1.807, 2.05) is 6.07 Å². The van der Waals surface area contributed by atoms with Crippen LogP contribution in [0, 0.1) is 13.8 Å². The molecule has 0 aromatic heterocycles. The van der Waals surface area contributed by atoms with Gasteiger partial charge in [0.2, 0.25) is 0 Å². The van der Waals surface area contributed by atoms with E-state index in [4.69, 9.17) is 4.74 Å². The molecule has 3 unspecified atom stereocenters. The Morgan fingerprint density at radius 3 is 2.77 bits per heavy atom. The third-order valence-corrected chi connectivity index (χ3v) is 5.28. The lowest BCUT2D eigenvalue weighted by Gasteiger charge is -2.44. The second kappa shape index (κ2) is 6.57. The number of ether oxygens (including phenoxy) is 1. The van der Waals surface area contributed by atoms with E-state index in [9.17, 15) is 10.2 Å². The number of hydrogen-bond donors (Lipinski definition) is 2. The quantitative estimate of drug-likeness (QED) is 0.900. The molecular formula is C18H27NO3. The standard InChI is InChI=1S/C18H27NO3/c1-12-9-15-17(10-13(12)2)22-11-16(18(15)21)19-7-4-3-5-14(19)6-8-20/h9-10,14,16,18,20-21H,3-8,11H2,1-2H3. The molecule has 2 aliphatic rings. The zero-order chi connectivity index (χ0) is 15.7. The molecule has 1 fully saturated rings. The SMILES string of the molecule is Cc1cc2c(cc1C)C(O)C(N1CCCCC1CCO)CO2. The van der Waals surface area contributed by atoms with Gasteiger partial charge in [-0.15, -0.1) is 0 Å². The monoisotopic (exact) mass is 305 g/mol. The minimum absolute atomic E-state index is 0.00791. The molecule has 4 heteroatoms. The van der Waals surface area contributed by atoms with E-state index in [0.717, 1.165) is 37.1 Å². The van der Waals surface area contributed by atoms with Gasteiger partial charge in [-0.05, 0) is 62.9 Å². The maximum Gasteiger partial charge on any atom is 0.125 e. The molecule has 2 N–H and O–H groups in total. The van der Waals surface area contributed by atoms with Crippen LogP contribution in [-0.4, -0.2) is 47.0 Å². The van der Waals surface area contributed by atoms with Crippen molar-refractivity contribution in [1.29, 1.82) is 0 Å². The Labute approximate surface area is 132 Å². The van der Waals surface area contributed by atoms with Gasteiger partial charge in [-0.2, -0.15) is 0 Å². The Morgan fingerprint density at radius 1 is 1.23 bits per heavy atom. The largest absolute Gasteiger partial charge is 0.491 e. The maximum absolute atomic E-state index is 10.9. The van der Waals surface area contributed by atoms with Gasteiger partial charge in [-0.3, -0.25) is 4.90 Å². The van der Waals surface area contributed by atoms with Gasteiger partial charge in [-0.1, -0.05) is 6.42 Å². The molecular weight excluding hydrogens is 278 g/mol. The molecule has 0 aliphatic carbocycles. The number of benzene rings is 1. The molecule has 4 nitrogen and oxygen atoms in total. The van der Waals surface area contributed by atoms with E-state index in [0.29, 0.717) is 12.6 Å². The molecule has 1 saturated heterocycles. The highest BCUT2D eigenvalue weighted by Crippen LogP contribution is 2.38. The minimum atomic E-state index is -0.512. The first-order chi connectivity index (χ1) is 10.6. The molecule has 2 heterocycles. The third-order valence-electron chi connectivity index (χ3n) is 5.28. The number of likely N-dealkylation sites (tertiary alicyclic amines) is 1. The third kappa shape index (κ3) is 2.87. The molecule has 3 rings (SSSR count). The Hall–Kier alpha value is -1.10. The Balaban J connectivity index is 1.85. The number of aryl methyl sites for hydroxylation is 2. The second-order valence-electron chi connectivity index (χ2n) is 6.70. The fourth-order valence-corrected chi connectivity index (χ4v) is 3.84. The molecule has 122 valence electrons. The number of aliphatic hydroxyl groups is 2. The molecule has 0 bridgehead atoms. The van der Waals surface area contributed by atoms with Gasteiger partial charge >= 0.3 is 0 Å². The summed E-state index contributed by atoms with van der Waals surface area (Å²) in [6, 6.07) is 4.44. The van der Waals surface area contributed by atoms with Gasteiger partial charge in [0.05, 0.1) is 6.04 Å². The molecule has 1 aromatic carbocycles. The Kier molecular flexibility index (Phi) is 4.71. The van der Waals surface area contributed by atoms with Crippen molar-refractivity contribution in [1.82, 2.24) is 4.90 Å². The average molecular weight is 305 g/mol. The van der Waals surface area contributed by atoms with Crippen molar-refractivity contribution in [2.45, 2.75) is 57.7 Å². The normalized spacial score (nSPS) is 29.0. The number of piperidine rings is 1. The molecule has 3 atom stereocenters. The van der Waals surface area contributed by atoms with Crippen LogP contribution in [0.15, 0.2) is 12.1 Å². The lowest BCUT2D eigenvalue weighted by molar-refractivity contribution is -0.0332. The van der Waals surface area contributed by atoms with Crippen LogP contribution in [0.3, 0.4) is 0 Å². The summed E-state index contributed by atoms with van der Waals surface area (Å²) in [5.74, 6) is 0.822. The smallest absolute Gasteiger partial charge is 0.125 e. The molecule has 22 heavy (non-hydrogen) atoms. The van der Waals surface area contributed by atoms with Crippen molar-refractivity contribution >= 4 is 0 Å². The highest BCUT2D eigenvalue weighted by molar-refractivity contribution is 5.44. The van der Waals surface area contributed by atoms with Crippen molar-refractivity contribution in [2.75, 3.05) is 19.8 Å². The lowest BCUT2D eigenvalue weighted by atomic mass is 9.90. The van der Waals surface area contributed by atoms with Crippen LogP contribution in [0.25, 0.3) is 0 Å². The van der Waals surface area contributed by atoms with E-state index in [1.165, 1.54) is 17.5 Å². The first kappa shape index (κ1) is 15.8. The number of hydrogen-bond acceptors (Lipinski definition) is 4. The number of aliphatic hydroxyl groups excluding tert-OH is 2. The fraction of sp³-hybridized carbons (Fsp3) is 0.667. The summed E-state index contributed by atoms with van der Waals surface area (Å²) in [5, 5.41) is 20.2. The van der Waals surface area contributed by atoms with Crippen molar-refractivity contribution in [3.8, 4) is 5.75 Å². The van der Waals surface area contributed by atoms with Crippen molar-refractivity contribution in [2.24, 2.45) is 0 Å². The zero-order valence-electron chi connectivity index (χ0n) is 13.6. The van der Waals surface area contributed by atoms with Gasteiger partial charge in [0.25, 0.3) is 0 Å².